The van der Waals surface area contributed by atoms with Crippen LogP contribution in [-0.2, 0) is 9.59 Å². The maximum Gasteiger partial charge on any atom is 0.138 e. The van der Waals surface area contributed by atoms with Crippen molar-refractivity contribution in [2.45, 2.75) is 85.5 Å². The maximum absolute atomic E-state index is 12.7. The lowest BCUT2D eigenvalue weighted by atomic mass is 9.72. The Kier molecular flexibility index (Phi) is 6.83. The minimum Gasteiger partial charge on any atom is -0.299 e. The van der Waals surface area contributed by atoms with E-state index in [9.17, 15) is 9.59 Å². The monoisotopic (exact) mass is 292 g/mol. The highest BCUT2D eigenvalue weighted by Gasteiger charge is 2.34. The lowest BCUT2D eigenvalue weighted by molar-refractivity contribution is -0.131. The first-order valence-electron chi connectivity index (χ1n) is 8.53. The fourth-order valence-electron chi connectivity index (χ4n) is 3.14. The van der Waals surface area contributed by atoms with Crippen LogP contribution in [-0.4, -0.2) is 11.6 Å². The highest BCUT2D eigenvalue weighted by molar-refractivity contribution is 5.86. The first-order valence-corrected chi connectivity index (χ1v) is 8.53. The summed E-state index contributed by atoms with van der Waals surface area (Å²) < 4.78 is 0. The maximum atomic E-state index is 12.7. The van der Waals surface area contributed by atoms with E-state index < -0.39 is 0 Å². The number of carbonyl (C=O) groups excluding carboxylic acids is 2. The Morgan fingerprint density at radius 2 is 1.67 bits per heavy atom. The van der Waals surface area contributed by atoms with E-state index in [1.807, 2.05) is 6.92 Å². The van der Waals surface area contributed by atoms with Gasteiger partial charge in [0.1, 0.15) is 11.6 Å². The summed E-state index contributed by atoms with van der Waals surface area (Å²) in [6.45, 7) is 7.92. The van der Waals surface area contributed by atoms with Crippen molar-refractivity contribution in [2.75, 3.05) is 0 Å². The molecule has 0 spiro atoms. The average Bonchev–Trinajstić information content (AvgIpc) is 2.47. The van der Waals surface area contributed by atoms with E-state index in [1.54, 1.807) is 6.92 Å². The molecule has 0 saturated carbocycles. The summed E-state index contributed by atoms with van der Waals surface area (Å²) in [6, 6.07) is 0. The molecule has 2 heteroatoms. The molecule has 0 aliphatic heterocycles. The molecule has 120 valence electrons. The van der Waals surface area contributed by atoms with E-state index in [0.717, 1.165) is 44.9 Å². The Balaban J connectivity index is 2.88. The van der Waals surface area contributed by atoms with Crippen molar-refractivity contribution >= 4 is 11.6 Å². The minimum absolute atomic E-state index is 0.209. The van der Waals surface area contributed by atoms with Gasteiger partial charge in [0.05, 0.1) is 0 Å². The van der Waals surface area contributed by atoms with Gasteiger partial charge in [-0.15, -0.1) is 0 Å². The lowest BCUT2D eigenvalue weighted by Crippen LogP contribution is -2.31. The number of ketones is 2. The lowest BCUT2D eigenvalue weighted by Gasteiger charge is -2.30. The van der Waals surface area contributed by atoms with Crippen molar-refractivity contribution in [3.63, 3.8) is 0 Å². The topological polar surface area (TPSA) is 34.1 Å². The second-order valence-electron chi connectivity index (χ2n) is 7.21. The third kappa shape index (κ3) is 5.09. The summed E-state index contributed by atoms with van der Waals surface area (Å²) in [5.74, 6) is 0.577. The molecular formula is C19H32O2. The van der Waals surface area contributed by atoms with E-state index in [4.69, 9.17) is 0 Å². The van der Waals surface area contributed by atoms with Gasteiger partial charge in [-0.2, -0.15) is 0 Å². The average molecular weight is 292 g/mol. The predicted octanol–water partition coefficient (Wildman–Crippen LogP) is 5.26. The first kappa shape index (κ1) is 18.1. The van der Waals surface area contributed by atoms with Crippen LogP contribution in [0.25, 0.3) is 0 Å². The number of hydrogen-bond donors (Lipinski definition) is 0. The molecular weight excluding hydrogens is 260 g/mol. The van der Waals surface area contributed by atoms with E-state index >= 15 is 0 Å². The zero-order valence-corrected chi connectivity index (χ0v) is 14.3. The van der Waals surface area contributed by atoms with E-state index in [-0.39, 0.29) is 16.6 Å². The molecule has 0 radical (unpaired) electrons. The quantitative estimate of drug-likeness (QED) is 0.651. The zero-order valence-electron chi connectivity index (χ0n) is 14.3. The van der Waals surface area contributed by atoms with Gasteiger partial charge in [0, 0.05) is 17.3 Å². The van der Waals surface area contributed by atoms with Gasteiger partial charge in [0.25, 0.3) is 0 Å². The van der Waals surface area contributed by atoms with Crippen molar-refractivity contribution in [3.8, 4) is 0 Å². The van der Waals surface area contributed by atoms with Gasteiger partial charge in [0.15, 0.2) is 0 Å². The van der Waals surface area contributed by atoms with Crippen molar-refractivity contribution in [1.29, 1.82) is 0 Å². The Morgan fingerprint density at radius 3 is 2.19 bits per heavy atom. The van der Waals surface area contributed by atoms with Gasteiger partial charge in [0.2, 0.25) is 0 Å². The summed E-state index contributed by atoms with van der Waals surface area (Å²) in [7, 11) is 0. The number of rotatable bonds is 2. The summed E-state index contributed by atoms with van der Waals surface area (Å²) in [6.07, 6.45) is 12.7. The molecule has 0 saturated heterocycles. The Morgan fingerprint density at radius 1 is 1.10 bits per heavy atom. The van der Waals surface area contributed by atoms with Crippen molar-refractivity contribution in [1.82, 2.24) is 0 Å². The van der Waals surface area contributed by atoms with Crippen LogP contribution in [0, 0.1) is 10.8 Å². The SMILES string of the molecule is CCC1(C)CCC/C=C\CCCC(C)(C(C)=O)CCC1=O. The molecule has 2 unspecified atom stereocenters. The van der Waals surface area contributed by atoms with Crippen LogP contribution in [0.4, 0.5) is 0 Å². The second kappa shape index (κ2) is 7.91. The van der Waals surface area contributed by atoms with E-state index in [0.29, 0.717) is 18.6 Å². The fraction of sp³-hybridized carbons (Fsp3) is 0.789. The molecule has 21 heavy (non-hydrogen) atoms. The van der Waals surface area contributed by atoms with Crippen molar-refractivity contribution in [2.24, 2.45) is 10.8 Å². The van der Waals surface area contributed by atoms with Crippen LogP contribution in [0.15, 0.2) is 12.2 Å². The predicted molar refractivity (Wildman–Crippen MR) is 88.3 cm³/mol. The fourth-order valence-corrected chi connectivity index (χ4v) is 3.14. The third-order valence-electron chi connectivity index (χ3n) is 5.57. The summed E-state index contributed by atoms with van der Waals surface area (Å²) in [5.41, 5.74) is -0.536. The van der Waals surface area contributed by atoms with Gasteiger partial charge in [-0.25, -0.2) is 0 Å². The van der Waals surface area contributed by atoms with Gasteiger partial charge in [-0.3, -0.25) is 9.59 Å². The highest BCUT2D eigenvalue weighted by Crippen LogP contribution is 2.36. The smallest absolute Gasteiger partial charge is 0.138 e. The zero-order chi connectivity index (χ0) is 15.9. The molecule has 0 aromatic rings. The first-order chi connectivity index (χ1) is 9.84. The van der Waals surface area contributed by atoms with Crippen LogP contribution < -0.4 is 0 Å². The molecule has 2 atom stereocenters. The number of allylic oxidation sites excluding steroid dienone is 2. The third-order valence-corrected chi connectivity index (χ3v) is 5.57. The molecule has 0 fully saturated rings. The molecule has 0 heterocycles. The number of Topliss-reactive ketones (excluding diaryl/α,β-unsaturated/α-hetero) is 2. The molecule has 1 aliphatic carbocycles. The van der Waals surface area contributed by atoms with Crippen LogP contribution in [0.1, 0.15) is 85.5 Å². The van der Waals surface area contributed by atoms with Crippen LogP contribution in [0.3, 0.4) is 0 Å². The van der Waals surface area contributed by atoms with E-state index in [1.165, 1.54) is 0 Å². The molecule has 0 bridgehead atoms. The number of carbonyl (C=O) groups is 2. The standard InChI is InChI=1S/C19H32O2/c1-5-18(3)13-10-8-6-7-9-11-14-19(4,16(2)20)15-12-17(18)21/h6-7H,5,8-15H2,1-4H3/b7-6-. The normalized spacial score (nSPS) is 34.4. The minimum atomic E-state index is -0.327. The molecule has 1 aliphatic rings. The van der Waals surface area contributed by atoms with Gasteiger partial charge >= 0.3 is 0 Å². The van der Waals surface area contributed by atoms with Crippen molar-refractivity contribution in [3.05, 3.63) is 12.2 Å². The Labute approximate surface area is 130 Å². The Bertz CT molecular complexity index is 396. The number of hydrogen-bond acceptors (Lipinski definition) is 2. The highest BCUT2D eigenvalue weighted by atomic mass is 16.1. The molecule has 0 aromatic heterocycles. The second-order valence-corrected chi connectivity index (χ2v) is 7.21. The molecule has 0 N–H and O–H groups in total. The van der Waals surface area contributed by atoms with Gasteiger partial charge in [-0.1, -0.05) is 32.9 Å². The Hall–Kier alpha value is -0.920. The van der Waals surface area contributed by atoms with E-state index in [2.05, 4.69) is 26.0 Å². The largest absolute Gasteiger partial charge is 0.299 e. The summed E-state index contributed by atoms with van der Waals surface area (Å²) in [4.78, 5) is 24.7. The van der Waals surface area contributed by atoms with Crippen LogP contribution in [0.2, 0.25) is 0 Å². The summed E-state index contributed by atoms with van der Waals surface area (Å²) in [5, 5.41) is 0. The van der Waals surface area contributed by atoms with Crippen molar-refractivity contribution < 1.29 is 9.59 Å². The molecule has 1 rings (SSSR count). The van der Waals surface area contributed by atoms with Gasteiger partial charge in [-0.05, 0) is 58.3 Å². The summed E-state index contributed by atoms with van der Waals surface area (Å²) >= 11 is 0. The van der Waals surface area contributed by atoms with Crippen LogP contribution >= 0.6 is 0 Å². The van der Waals surface area contributed by atoms with Crippen LogP contribution in [0.5, 0.6) is 0 Å². The molecule has 2 nitrogen and oxygen atoms in total. The molecule has 0 amide bonds. The molecule has 0 aromatic carbocycles. The van der Waals surface area contributed by atoms with Gasteiger partial charge < -0.3 is 0 Å².